The number of hydrogen-bond acceptors (Lipinski definition) is 3. The van der Waals surface area contributed by atoms with Crippen molar-refractivity contribution in [3.05, 3.63) is 0 Å². The molecule has 0 bridgehead atoms. The Labute approximate surface area is 130 Å². The summed E-state index contributed by atoms with van der Waals surface area (Å²) in [6.07, 6.45) is 7.18. The quantitative estimate of drug-likeness (QED) is 0.642. The van der Waals surface area contributed by atoms with Gasteiger partial charge in [-0.25, -0.2) is 0 Å². The summed E-state index contributed by atoms with van der Waals surface area (Å²) in [6, 6.07) is -0.352. The lowest BCUT2D eigenvalue weighted by atomic mass is 9.92. The number of carbonyl (C=O) groups is 1. The molecule has 1 atom stereocenters. The van der Waals surface area contributed by atoms with E-state index in [4.69, 9.17) is 5.73 Å². The first-order valence-corrected chi connectivity index (χ1v) is 8.78. The van der Waals surface area contributed by atoms with Gasteiger partial charge in [0.1, 0.15) is 0 Å². The number of rotatable bonds is 9. The minimum absolute atomic E-state index is 0.00496. The summed E-state index contributed by atoms with van der Waals surface area (Å²) in [5, 5.41) is 2.97. The largest absolute Gasteiger partial charge is 0.355 e. The second-order valence-corrected chi connectivity index (χ2v) is 6.95. The predicted molar refractivity (Wildman–Crippen MR) is 89.1 cm³/mol. The highest BCUT2D eigenvalue weighted by atomic mass is 16.2. The maximum atomic E-state index is 11.8. The van der Waals surface area contributed by atoms with E-state index in [-0.39, 0.29) is 11.9 Å². The zero-order valence-corrected chi connectivity index (χ0v) is 14.2. The molecule has 21 heavy (non-hydrogen) atoms. The molecule has 1 heterocycles. The van der Waals surface area contributed by atoms with Crippen molar-refractivity contribution < 1.29 is 4.79 Å². The monoisotopic (exact) mass is 297 g/mol. The van der Waals surface area contributed by atoms with Crippen LogP contribution in [0.25, 0.3) is 0 Å². The lowest BCUT2D eigenvalue weighted by Gasteiger charge is -2.31. The number of nitrogens with two attached hydrogens (primary N) is 1. The average molecular weight is 297 g/mol. The Kier molecular flexibility index (Phi) is 8.93. The highest BCUT2D eigenvalue weighted by Gasteiger charge is 2.18. The van der Waals surface area contributed by atoms with E-state index in [2.05, 4.69) is 31.0 Å². The zero-order chi connectivity index (χ0) is 15.7. The van der Waals surface area contributed by atoms with Crippen molar-refractivity contribution in [2.45, 2.75) is 65.3 Å². The number of likely N-dealkylation sites (tertiary alicyclic amines) is 1. The molecule has 1 saturated heterocycles. The van der Waals surface area contributed by atoms with Gasteiger partial charge >= 0.3 is 0 Å². The SMILES string of the molecule is CCCC1CCN(CCCNC(=O)[C@@H](N)CC(C)C)CC1. The summed E-state index contributed by atoms with van der Waals surface area (Å²) in [4.78, 5) is 14.3. The fraction of sp³-hybridized carbons (Fsp3) is 0.941. The molecule has 1 fully saturated rings. The van der Waals surface area contributed by atoms with Crippen LogP contribution in [0.1, 0.15) is 59.3 Å². The topological polar surface area (TPSA) is 58.4 Å². The van der Waals surface area contributed by atoms with E-state index < -0.39 is 0 Å². The fourth-order valence-electron chi connectivity index (χ4n) is 3.17. The standard InChI is InChI=1S/C17H35N3O/c1-4-6-15-7-11-20(12-8-15)10-5-9-19-17(21)16(18)13-14(2)3/h14-16H,4-13,18H2,1-3H3,(H,19,21)/t16-/m0/s1. The molecule has 0 radical (unpaired) electrons. The van der Waals surface area contributed by atoms with Gasteiger partial charge in [0.25, 0.3) is 0 Å². The van der Waals surface area contributed by atoms with Crippen LogP contribution in [0.3, 0.4) is 0 Å². The zero-order valence-electron chi connectivity index (χ0n) is 14.2. The fourth-order valence-corrected chi connectivity index (χ4v) is 3.17. The van der Waals surface area contributed by atoms with Gasteiger partial charge in [-0.05, 0) is 57.2 Å². The van der Waals surface area contributed by atoms with Crippen molar-refractivity contribution in [3.8, 4) is 0 Å². The van der Waals surface area contributed by atoms with Crippen molar-refractivity contribution in [2.75, 3.05) is 26.2 Å². The molecule has 0 aromatic rings. The van der Waals surface area contributed by atoms with Crippen molar-refractivity contribution in [1.29, 1.82) is 0 Å². The minimum Gasteiger partial charge on any atom is -0.355 e. The first-order chi connectivity index (χ1) is 10.0. The van der Waals surface area contributed by atoms with Gasteiger partial charge in [0.05, 0.1) is 6.04 Å². The van der Waals surface area contributed by atoms with Gasteiger partial charge in [-0.2, -0.15) is 0 Å². The lowest BCUT2D eigenvalue weighted by molar-refractivity contribution is -0.122. The molecular formula is C17H35N3O. The van der Waals surface area contributed by atoms with E-state index in [1.807, 2.05) is 0 Å². The summed E-state index contributed by atoms with van der Waals surface area (Å²) in [5.74, 6) is 1.42. The molecule has 0 saturated carbocycles. The van der Waals surface area contributed by atoms with E-state index in [1.54, 1.807) is 0 Å². The third-order valence-electron chi connectivity index (χ3n) is 4.42. The summed E-state index contributed by atoms with van der Waals surface area (Å²) in [5.41, 5.74) is 5.86. The molecule has 4 heteroatoms. The maximum absolute atomic E-state index is 11.8. The van der Waals surface area contributed by atoms with Gasteiger partial charge in [0.15, 0.2) is 0 Å². The molecule has 0 aromatic carbocycles. The van der Waals surface area contributed by atoms with E-state index in [0.29, 0.717) is 5.92 Å². The number of nitrogens with zero attached hydrogens (tertiary/aromatic N) is 1. The van der Waals surface area contributed by atoms with Gasteiger partial charge in [-0.1, -0.05) is 33.6 Å². The predicted octanol–water partition coefficient (Wildman–Crippen LogP) is 2.38. The van der Waals surface area contributed by atoms with Gasteiger partial charge in [0.2, 0.25) is 5.91 Å². The Morgan fingerprint density at radius 3 is 2.57 bits per heavy atom. The molecule has 3 N–H and O–H groups in total. The smallest absolute Gasteiger partial charge is 0.236 e. The molecule has 124 valence electrons. The van der Waals surface area contributed by atoms with E-state index in [1.165, 1.54) is 38.8 Å². The van der Waals surface area contributed by atoms with Crippen molar-refractivity contribution in [2.24, 2.45) is 17.6 Å². The molecule has 0 aliphatic carbocycles. The van der Waals surface area contributed by atoms with Crippen molar-refractivity contribution in [1.82, 2.24) is 10.2 Å². The third-order valence-corrected chi connectivity index (χ3v) is 4.42. The normalized spacial score (nSPS) is 18.9. The highest BCUT2D eigenvalue weighted by Crippen LogP contribution is 2.21. The van der Waals surface area contributed by atoms with Crippen molar-refractivity contribution in [3.63, 3.8) is 0 Å². The van der Waals surface area contributed by atoms with Crippen molar-refractivity contribution >= 4 is 5.91 Å². The van der Waals surface area contributed by atoms with Crippen LogP contribution in [0.5, 0.6) is 0 Å². The molecule has 1 aliphatic rings. The molecular weight excluding hydrogens is 262 g/mol. The third kappa shape index (κ3) is 7.82. The highest BCUT2D eigenvalue weighted by molar-refractivity contribution is 5.81. The van der Waals surface area contributed by atoms with E-state index >= 15 is 0 Å². The van der Waals surface area contributed by atoms with Crippen LogP contribution in [-0.2, 0) is 4.79 Å². The average Bonchev–Trinajstić information content (AvgIpc) is 2.44. The van der Waals surface area contributed by atoms with Gasteiger partial charge < -0.3 is 16.0 Å². The van der Waals surface area contributed by atoms with Crippen LogP contribution in [0.2, 0.25) is 0 Å². The second kappa shape index (κ2) is 10.2. The number of amides is 1. The molecule has 0 aromatic heterocycles. The van der Waals surface area contributed by atoms with Gasteiger partial charge in [-0.15, -0.1) is 0 Å². The molecule has 0 unspecified atom stereocenters. The van der Waals surface area contributed by atoms with E-state index in [9.17, 15) is 4.79 Å². The van der Waals surface area contributed by atoms with E-state index in [0.717, 1.165) is 31.8 Å². The number of nitrogens with one attached hydrogen (secondary N) is 1. The Hall–Kier alpha value is -0.610. The molecule has 1 rings (SSSR count). The van der Waals surface area contributed by atoms with Crippen LogP contribution in [0.4, 0.5) is 0 Å². The molecule has 1 aliphatic heterocycles. The molecule has 0 spiro atoms. The van der Waals surface area contributed by atoms with Crippen LogP contribution in [0.15, 0.2) is 0 Å². The first kappa shape index (κ1) is 18.4. The summed E-state index contributed by atoms with van der Waals surface area (Å²) in [6.45, 7) is 10.8. The van der Waals surface area contributed by atoms with Crippen LogP contribution < -0.4 is 11.1 Å². The van der Waals surface area contributed by atoms with Crippen LogP contribution in [-0.4, -0.2) is 43.0 Å². The Balaban J connectivity index is 2.05. The maximum Gasteiger partial charge on any atom is 0.236 e. The Morgan fingerprint density at radius 1 is 1.33 bits per heavy atom. The van der Waals surface area contributed by atoms with Crippen LogP contribution >= 0.6 is 0 Å². The number of carbonyl (C=O) groups excluding carboxylic acids is 1. The first-order valence-electron chi connectivity index (χ1n) is 8.78. The number of piperidine rings is 1. The Morgan fingerprint density at radius 2 is 2.00 bits per heavy atom. The summed E-state index contributed by atoms with van der Waals surface area (Å²) in [7, 11) is 0. The minimum atomic E-state index is -0.352. The van der Waals surface area contributed by atoms with Gasteiger partial charge in [-0.3, -0.25) is 4.79 Å². The Bertz CT molecular complexity index is 286. The number of hydrogen-bond donors (Lipinski definition) is 2. The molecule has 1 amide bonds. The lowest BCUT2D eigenvalue weighted by Crippen LogP contribution is -2.42. The second-order valence-electron chi connectivity index (χ2n) is 6.95. The van der Waals surface area contributed by atoms with Crippen LogP contribution in [0, 0.1) is 11.8 Å². The summed E-state index contributed by atoms with van der Waals surface area (Å²) < 4.78 is 0. The molecule has 4 nitrogen and oxygen atoms in total. The van der Waals surface area contributed by atoms with Gasteiger partial charge in [0, 0.05) is 6.54 Å². The summed E-state index contributed by atoms with van der Waals surface area (Å²) >= 11 is 0.